The van der Waals surface area contributed by atoms with Crippen LogP contribution in [0.1, 0.15) is 26.1 Å². The lowest BCUT2D eigenvalue weighted by Crippen LogP contribution is -2.52. The minimum absolute atomic E-state index is 0. The number of nitrogens with zero attached hydrogens (tertiary/aromatic N) is 5. The van der Waals surface area contributed by atoms with Crippen molar-refractivity contribution >= 4 is 46.6 Å². The van der Waals surface area contributed by atoms with Crippen LogP contribution >= 0.6 is 35.5 Å². The Bertz CT molecular complexity index is 490. The first-order valence-corrected chi connectivity index (χ1v) is 9.15. The van der Waals surface area contributed by atoms with E-state index in [1.165, 1.54) is 11.5 Å². The molecule has 9 heteroatoms. The SMILES string of the molecule is CCNC(=NCCCOC)N1CCN(c2nc(CC)ns2)CC1.I. The van der Waals surface area contributed by atoms with Gasteiger partial charge in [-0.3, -0.25) is 4.99 Å². The molecule has 0 spiro atoms. The van der Waals surface area contributed by atoms with Gasteiger partial charge in [0, 0.05) is 70.9 Å². The first-order valence-electron chi connectivity index (χ1n) is 8.38. The molecule has 0 unspecified atom stereocenters. The van der Waals surface area contributed by atoms with Crippen molar-refractivity contribution in [1.29, 1.82) is 0 Å². The smallest absolute Gasteiger partial charge is 0.205 e. The van der Waals surface area contributed by atoms with Gasteiger partial charge in [-0.25, -0.2) is 4.98 Å². The molecule has 0 amide bonds. The zero-order valence-electron chi connectivity index (χ0n) is 14.8. The number of rotatable bonds is 7. The number of guanidine groups is 1. The highest BCUT2D eigenvalue weighted by atomic mass is 127. The molecule has 24 heavy (non-hydrogen) atoms. The van der Waals surface area contributed by atoms with Gasteiger partial charge >= 0.3 is 0 Å². The quantitative estimate of drug-likeness (QED) is 0.285. The number of ether oxygens (including phenoxy) is 1. The van der Waals surface area contributed by atoms with Crippen LogP contribution in [0.4, 0.5) is 5.13 Å². The average molecular weight is 468 g/mol. The molecule has 0 bridgehead atoms. The third-order valence-corrected chi connectivity index (χ3v) is 4.54. The molecule has 1 N–H and O–H groups in total. The molecule has 1 fully saturated rings. The molecular weight excluding hydrogens is 439 g/mol. The molecule has 1 aromatic heterocycles. The van der Waals surface area contributed by atoms with Crippen LogP contribution in [0.5, 0.6) is 0 Å². The second-order valence-electron chi connectivity index (χ2n) is 5.40. The Morgan fingerprint density at radius 2 is 2.04 bits per heavy atom. The summed E-state index contributed by atoms with van der Waals surface area (Å²) in [5, 5.41) is 4.43. The topological polar surface area (TPSA) is 65.9 Å². The molecule has 0 saturated carbocycles. The van der Waals surface area contributed by atoms with Gasteiger partial charge in [-0.15, -0.1) is 24.0 Å². The second-order valence-corrected chi connectivity index (χ2v) is 6.13. The molecule has 1 saturated heterocycles. The van der Waals surface area contributed by atoms with Crippen LogP contribution in [0.15, 0.2) is 4.99 Å². The highest BCUT2D eigenvalue weighted by molar-refractivity contribution is 14.0. The van der Waals surface area contributed by atoms with Crippen molar-refractivity contribution in [2.75, 3.05) is 57.9 Å². The van der Waals surface area contributed by atoms with Crippen molar-refractivity contribution in [3.63, 3.8) is 0 Å². The first kappa shape index (κ1) is 21.4. The van der Waals surface area contributed by atoms with Crippen molar-refractivity contribution in [3.05, 3.63) is 5.82 Å². The van der Waals surface area contributed by atoms with Gasteiger partial charge in [-0.1, -0.05) is 6.92 Å². The summed E-state index contributed by atoms with van der Waals surface area (Å²) in [7, 11) is 1.73. The van der Waals surface area contributed by atoms with E-state index in [9.17, 15) is 0 Å². The summed E-state index contributed by atoms with van der Waals surface area (Å²) in [6, 6.07) is 0. The zero-order chi connectivity index (χ0) is 16.5. The average Bonchev–Trinajstić information content (AvgIpc) is 3.07. The van der Waals surface area contributed by atoms with E-state index in [2.05, 4.69) is 38.3 Å². The summed E-state index contributed by atoms with van der Waals surface area (Å²) < 4.78 is 9.46. The van der Waals surface area contributed by atoms with Gasteiger partial charge in [0.15, 0.2) is 5.96 Å². The number of hydrogen-bond donors (Lipinski definition) is 1. The van der Waals surface area contributed by atoms with Crippen LogP contribution in [0.25, 0.3) is 0 Å². The largest absolute Gasteiger partial charge is 0.385 e. The van der Waals surface area contributed by atoms with Gasteiger partial charge in [0.05, 0.1) is 0 Å². The Balaban J connectivity index is 0.00000288. The Hall–Kier alpha value is -0.680. The fourth-order valence-corrected chi connectivity index (χ4v) is 3.25. The fourth-order valence-electron chi connectivity index (χ4n) is 2.45. The van der Waals surface area contributed by atoms with Crippen molar-refractivity contribution < 1.29 is 4.74 Å². The monoisotopic (exact) mass is 468 g/mol. The number of anilines is 1. The molecule has 2 heterocycles. The van der Waals surface area contributed by atoms with Crippen molar-refractivity contribution in [3.8, 4) is 0 Å². The normalized spacial score (nSPS) is 15.4. The Kier molecular flexibility index (Phi) is 10.5. The van der Waals surface area contributed by atoms with Crippen LogP contribution < -0.4 is 10.2 Å². The summed E-state index contributed by atoms with van der Waals surface area (Å²) in [4.78, 5) is 13.9. The van der Waals surface area contributed by atoms with E-state index in [-0.39, 0.29) is 24.0 Å². The van der Waals surface area contributed by atoms with Crippen molar-refractivity contribution in [2.24, 2.45) is 4.99 Å². The number of halogens is 1. The molecule has 1 aromatic rings. The highest BCUT2D eigenvalue weighted by Gasteiger charge is 2.21. The lowest BCUT2D eigenvalue weighted by Gasteiger charge is -2.36. The number of aryl methyl sites for hydroxylation is 1. The lowest BCUT2D eigenvalue weighted by molar-refractivity contribution is 0.197. The lowest BCUT2D eigenvalue weighted by atomic mass is 10.3. The summed E-state index contributed by atoms with van der Waals surface area (Å²) in [6.45, 7) is 10.5. The predicted molar refractivity (Wildman–Crippen MR) is 111 cm³/mol. The summed E-state index contributed by atoms with van der Waals surface area (Å²) in [5.74, 6) is 1.95. The molecule has 1 aliphatic heterocycles. The van der Waals surface area contributed by atoms with Crippen LogP contribution in [-0.2, 0) is 11.2 Å². The first-order chi connectivity index (χ1) is 11.3. The molecule has 0 aliphatic carbocycles. The van der Waals surface area contributed by atoms with E-state index in [0.717, 1.165) is 75.6 Å². The third kappa shape index (κ3) is 6.32. The molecule has 0 radical (unpaired) electrons. The summed E-state index contributed by atoms with van der Waals surface area (Å²) >= 11 is 1.51. The molecule has 7 nitrogen and oxygen atoms in total. The van der Waals surface area contributed by atoms with E-state index in [1.54, 1.807) is 7.11 Å². The number of hydrogen-bond acceptors (Lipinski definition) is 6. The van der Waals surface area contributed by atoms with Crippen molar-refractivity contribution in [2.45, 2.75) is 26.7 Å². The molecule has 0 atom stereocenters. The van der Waals surface area contributed by atoms with Crippen molar-refractivity contribution in [1.82, 2.24) is 19.6 Å². The van der Waals surface area contributed by atoms with Gasteiger partial charge < -0.3 is 19.9 Å². The van der Waals surface area contributed by atoms with E-state index in [4.69, 9.17) is 9.73 Å². The minimum Gasteiger partial charge on any atom is -0.385 e. The van der Waals surface area contributed by atoms with E-state index in [1.807, 2.05) is 0 Å². The van der Waals surface area contributed by atoms with Gasteiger partial charge in [-0.05, 0) is 13.3 Å². The van der Waals surface area contributed by atoms with Crippen LogP contribution in [0, 0.1) is 0 Å². The van der Waals surface area contributed by atoms with Gasteiger partial charge in [0.25, 0.3) is 0 Å². The van der Waals surface area contributed by atoms with E-state index in [0.29, 0.717) is 0 Å². The highest BCUT2D eigenvalue weighted by Crippen LogP contribution is 2.19. The van der Waals surface area contributed by atoms with Crippen LogP contribution in [-0.4, -0.2) is 73.2 Å². The minimum atomic E-state index is 0. The number of methoxy groups -OCH3 is 1. The number of nitrogens with one attached hydrogen (secondary N) is 1. The Morgan fingerprint density at radius 1 is 1.29 bits per heavy atom. The van der Waals surface area contributed by atoms with Gasteiger partial charge in [0.2, 0.25) is 5.13 Å². The van der Waals surface area contributed by atoms with E-state index < -0.39 is 0 Å². The number of piperazine rings is 1. The second kappa shape index (κ2) is 11.8. The summed E-state index contributed by atoms with van der Waals surface area (Å²) in [5.41, 5.74) is 0. The summed E-state index contributed by atoms with van der Waals surface area (Å²) in [6.07, 6.45) is 1.85. The Morgan fingerprint density at radius 3 is 2.62 bits per heavy atom. The number of aliphatic imine (C=N–C) groups is 1. The van der Waals surface area contributed by atoms with Crippen LogP contribution in [0.2, 0.25) is 0 Å². The Labute approximate surface area is 166 Å². The molecule has 0 aromatic carbocycles. The fraction of sp³-hybridized carbons (Fsp3) is 0.800. The maximum atomic E-state index is 5.08. The predicted octanol–water partition coefficient (Wildman–Crippen LogP) is 1.84. The number of aromatic nitrogens is 2. The molecule has 1 aliphatic rings. The maximum absolute atomic E-state index is 5.08. The standard InChI is InChI=1S/C15H28N6OS.HI/c1-4-13-18-15(23-19-13)21-10-8-20(9-11-21)14(16-5-2)17-7-6-12-22-3;/h4-12H2,1-3H3,(H,16,17);1H. The van der Waals surface area contributed by atoms with Gasteiger partial charge in [-0.2, -0.15) is 4.37 Å². The van der Waals surface area contributed by atoms with E-state index >= 15 is 0 Å². The molecule has 138 valence electrons. The zero-order valence-corrected chi connectivity index (χ0v) is 18.0. The third-order valence-electron chi connectivity index (χ3n) is 3.73. The molecule has 2 rings (SSSR count). The molecular formula is C15H29IN6OS. The maximum Gasteiger partial charge on any atom is 0.205 e. The van der Waals surface area contributed by atoms with Crippen LogP contribution in [0.3, 0.4) is 0 Å². The van der Waals surface area contributed by atoms with Gasteiger partial charge in [0.1, 0.15) is 5.82 Å².